The van der Waals surface area contributed by atoms with Crippen LogP contribution in [0, 0.1) is 23.2 Å². The normalized spacial score (nSPS) is 28.4. The number of aromatic nitrogens is 1. The van der Waals surface area contributed by atoms with Crippen LogP contribution in [0.25, 0.3) is 0 Å². The van der Waals surface area contributed by atoms with Crippen molar-refractivity contribution in [1.29, 1.82) is 0 Å². The molecule has 0 aromatic carbocycles. The zero-order valence-electron chi connectivity index (χ0n) is 20.0. The highest BCUT2D eigenvalue weighted by Crippen LogP contribution is 2.59. The van der Waals surface area contributed by atoms with Crippen LogP contribution in [0.1, 0.15) is 74.8 Å². The Labute approximate surface area is 199 Å². The highest BCUT2D eigenvalue weighted by atomic mass is 35.5. The molecule has 4 bridgehead atoms. The monoisotopic (exact) mass is 460 g/mol. The fourth-order valence-corrected chi connectivity index (χ4v) is 7.15. The highest BCUT2D eigenvalue weighted by Gasteiger charge is 2.50. The topological polar surface area (TPSA) is 57.3 Å². The van der Waals surface area contributed by atoms with Crippen molar-refractivity contribution in [3.05, 3.63) is 28.5 Å². The molecule has 4 saturated carbocycles. The lowest BCUT2D eigenvalue weighted by molar-refractivity contribution is -0.0503. The first-order chi connectivity index (χ1) is 15.5. The van der Waals surface area contributed by atoms with Crippen molar-refractivity contribution in [2.24, 2.45) is 23.2 Å². The molecule has 4 fully saturated rings. The SMILES string of the molecule is CCN(CC)CCNCCCc1cc(C(=O)NCC23CC4CC(CC(C4)C2)C3)c(Cl)cn1. The van der Waals surface area contributed by atoms with Crippen LogP contribution < -0.4 is 10.6 Å². The summed E-state index contributed by atoms with van der Waals surface area (Å²) in [5, 5.41) is 7.23. The predicted molar refractivity (Wildman–Crippen MR) is 131 cm³/mol. The fraction of sp³-hybridized carbons (Fsp3) is 0.769. The molecule has 4 aliphatic rings. The van der Waals surface area contributed by atoms with Gasteiger partial charge in [-0.3, -0.25) is 9.78 Å². The summed E-state index contributed by atoms with van der Waals surface area (Å²) >= 11 is 6.37. The van der Waals surface area contributed by atoms with E-state index in [4.69, 9.17) is 11.6 Å². The molecule has 0 aliphatic heterocycles. The summed E-state index contributed by atoms with van der Waals surface area (Å²) in [5.74, 6) is 2.66. The lowest BCUT2D eigenvalue weighted by atomic mass is 9.49. The van der Waals surface area contributed by atoms with Crippen molar-refractivity contribution in [2.75, 3.05) is 39.3 Å². The molecule has 1 heterocycles. The average Bonchev–Trinajstić information content (AvgIpc) is 2.77. The fourth-order valence-electron chi connectivity index (χ4n) is 6.96. The Morgan fingerprint density at radius 3 is 2.41 bits per heavy atom. The third kappa shape index (κ3) is 5.84. The van der Waals surface area contributed by atoms with Gasteiger partial charge in [0, 0.05) is 31.5 Å². The number of amides is 1. The number of pyridine rings is 1. The largest absolute Gasteiger partial charge is 0.351 e. The molecule has 0 saturated heterocycles. The molecule has 5 nitrogen and oxygen atoms in total. The van der Waals surface area contributed by atoms with Crippen molar-refractivity contribution >= 4 is 17.5 Å². The van der Waals surface area contributed by atoms with Gasteiger partial charge in [-0.25, -0.2) is 0 Å². The molecule has 4 aliphatic carbocycles. The average molecular weight is 461 g/mol. The van der Waals surface area contributed by atoms with Crippen LogP contribution in [0.2, 0.25) is 5.02 Å². The molecular weight excluding hydrogens is 420 g/mol. The molecule has 32 heavy (non-hydrogen) atoms. The van der Waals surface area contributed by atoms with Crippen LogP contribution in [0.3, 0.4) is 0 Å². The Bertz CT molecular complexity index is 744. The number of hydrogen-bond acceptors (Lipinski definition) is 4. The van der Waals surface area contributed by atoms with Crippen molar-refractivity contribution < 1.29 is 4.79 Å². The molecule has 1 aromatic heterocycles. The number of likely N-dealkylation sites (N-methyl/N-ethyl adjacent to an activating group) is 1. The van der Waals surface area contributed by atoms with Gasteiger partial charge in [0.15, 0.2) is 0 Å². The maximum absolute atomic E-state index is 13.0. The van der Waals surface area contributed by atoms with E-state index in [0.29, 0.717) is 16.0 Å². The smallest absolute Gasteiger partial charge is 0.252 e. The zero-order valence-corrected chi connectivity index (χ0v) is 20.7. The Hall–Kier alpha value is -1.17. The molecular formula is C26H41ClN4O. The summed E-state index contributed by atoms with van der Waals surface area (Å²) in [6.45, 7) is 10.5. The van der Waals surface area contributed by atoms with Gasteiger partial charge in [-0.05, 0) is 100 Å². The first-order valence-corrected chi connectivity index (χ1v) is 13.2. The lowest BCUT2D eigenvalue weighted by Gasteiger charge is -2.56. The van der Waals surface area contributed by atoms with Crippen molar-refractivity contribution in [2.45, 2.75) is 65.2 Å². The number of hydrogen-bond donors (Lipinski definition) is 2. The summed E-state index contributed by atoms with van der Waals surface area (Å²) in [5.41, 5.74) is 1.86. The summed E-state index contributed by atoms with van der Waals surface area (Å²) in [4.78, 5) is 19.9. The number of aryl methyl sites for hydroxylation is 1. The third-order valence-corrected chi connectivity index (χ3v) is 8.53. The van der Waals surface area contributed by atoms with Gasteiger partial charge in [0.25, 0.3) is 5.91 Å². The molecule has 2 N–H and O–H groups in total. The zero-order chi connectivity index (χ0) is 22.6. The van der Waals surface area contributed by atoms with Crippen LogP contribution in [0.15, 0.2) is 12.3 Å². The van der Waals surface area contributed by atoms with E-state index in [-0.39, 0.29) is 5.91 Å². The Morgan fingerprint density at radius 2 is 1.78 bits per heavy atom. The number of carbonyl (C=O) groups is 1. The minimum absolute atomic E-state index is 0.0354. The third-order valence-electron chi connectivity index (χ3n) is 8.23. The molecule has 0 atom stereocenters. The van der Waals surface area contributed by atoms with E-state index < -0.39 is 0 Å². The molecule has 178 valence electrons. The summed E-state index contributed by atoms with van der Waals surface area (Å²) in [6.07, 6.45) is 11.7. The predicted octanol–water partition coefficient (Wildman–Crippen LogP) is 4.55. The van der Waals surface area contributed by atoms with Crippen LogP contribution in [-0.2, 0) is 6.42 Å². The van der Waals surface area contributed by atoms with Crippen LogP contribution in [-0.4, -0.2) is 55.1 Å². The summed E-state index contributed by atoms with van der Waals surface area (Å²) in [6, 6.07) is 1.90. The van der Waals surface area contributed by atoms with Gasteiger partial charge in [-0.15, -0.1) is 0 Å². The number of carbonyl (C=O) groups excluding carboxylic acids is 1. The maximum atomic E-state index is 13.0. The number of rotatable bonds is 12. The first kappa shape index (κ1) is 24.0. The van der Waals surface area contributed by atoms with Crippen molar-refractivity contribution in [3.8, 4) is 0 Å². The van der Waals surface area contributed by atoms with Gasteiger partial charge in [-0.2, -0.15) is 0 Å². The second-order valence-corrected chi connectivity index (χ2v) is 11.0. The van der Waals surface area contributed by atoms with Crippen molar-refractivity contribution in [3.63, 3.8) is 0 Å². The van der Waals surface area contributed by atoms with Gasteiger partial charge in [0.05, 0.1) is 10.6 Å². The minimum Gasteiger partial charge on any atom is -0.351 e. The molecule has 1 amide bonds. The maximum Gasteiger partial charge on any atom is 0.252 e. The quantitative estimate of drug-likeness (QED) is 0.449. The van der Waals surface area contributed by atoms with E-state index in [1.165, 1.54) is 38.5 Å². The van der Waals surface area contributed by atoms with E-state index in [0.717, 1.165) is 75.6 Å². The Balaban J connectivity index is 1.24. The Morgan fingerprint density at radius 1 is 1.12 bits per heavy atom. The van der Waals surface area contributed by atoms with Gasteiger partial charge in [0.2, 0.25) is 0 Å². The molecule has 0 spiro atoms. The van der Waals surface area contributed by atoms with E-state index in [1.54, 1.807) is 6.20 Å². The minimum atomic E-state index is -0.0354. The van der Waals surface area contributed by atoms with Gasteiger partial charge < -0.3 is 15.5 Å². The van der Waals surface area contributed by atoms with Gasteiger partial charge in [-0.1, -0.05) is 25.4 Å². The highest BCUT2D eigenvalue weighted by molar-refractivity contribution is 6.33. The second-order valence-electron chi connectivity index (χ2n) is 10.6. The van der Waals surface area contributed by atoms with Gasteiger partial charge in [0.1, 0.15) is 0 Å². The molecule has 0 radical (unpaired) electrons. The van der Waals surface area contributed by atoms with E-state index in [1.807, 2.05) is 6.07 Å². The van der Waals surface area contributed by atoms with Crippen LogP contribution >= 0.6 is 11.6 Å². The van der Waals surface area contributed by atoms with E-state index in [9.17, 15) is 4.79 Å². The van der Waals surface area contributed by atoms with Gasteiger partial charge >= 0.3 is 0 Å². The van der Waals surface area contributed by atoms with E-state index in [2.05, 4.69) is 34.4 Å². The first-order valence-electron chi connectivity index (χ1n) is 12.9. The molecule has 6 heteroatoms. The molecule has 5 rings (SSSR count). The summed E-state index contributed by atoms with van der Waals surface area (Å²) < 4.78 is 0. The summed E-state index contributed by atoms with van der Waals surface area (Å²) in [7, 11) is 0. The lowest BCUT2D eigenvalue weighted by Crippen LogP contribution is -2.51. The van der Waals surface area contributed by atoms with Crippen molar-refractivity contribution in [1.82, 2.24) is 20.5 Å². The molecule has 1 aromatic rings. The van der Waals surface area contributed by atoms with Crippen LogP contribution in [0.4, 0.5) is 0 Å². The standard InChI is InChI=1S/C26H41ClN4O/c1-3-31(4-2)9-8-28-7-5-6-22-13-23(24(27)17-29-22)25(32)30-18-26-14-19-10-20(15-26)12-21(11-19)16-26/h13,17,19-21,28H,3-12,14-16,18H2,1-2H3,(H,30,32). The van der Waals surface area contributed by atoms with Crippen LogP contribution in [0.5, 0.6) is 0 Å². The number of halogens is 1. The number of nitrogens with zero attached hydrogens (tertiary/aromatic N) is 2. The molecule has 0 unspecified atom stereocenters. The van der Waals surface area contributed by atoms with E-state index >= 15 is 0 Å². The Kier molecular flexibility index (Phi) is 8.12. The second kappa shape index (κ2) is 10.8. The number of nitrogens with one attached hydrogen (secondary N) is 2.